The Kier molecular flexibility index (Phi) is 130. The van der Waals surface area contributed by atoms with E-state index >= 15 is 0 Å². The van der Waals surface area contributed by atoms with Crippen LogP contribution in [0.25, 0.3) is 10.6 Å². The van der Waals surface area contributed by atoms with Crippen molar-refractivity contribution in [3.8, 4) is 0 Å². The molecule has 1 fully saturated rings. The second-order valence-corrected chi connectivity index (χ2v) is 9.12. The smallest absolute Gasteiger partial charge is 0.813 e. The Balaban J connectivity index is -0.0000000225. The van der Waals surface area contributed by atoms with E-state index in [1.165, 1.54) is 74.9 Å². The van der Waals surface area contributed by atoms with Crippen LogP contribution >= 0.6 is 0 Å². The van der Waals surface area contributed by atoms with Gasteiger partial charge in [0.15, 0.2) is 0 Å². The molecule has 0 atom stereocenters. The third kappa shape index (κ3) is 41.1. The van der Waals surface area contributed by atoms with Gasteiger partial charge >= 0.3 is 68.3 Å². The van der Waals surface area contributed by atoms with Crippen molar-refractivity contribution in [2.24, 2.45) is 0 Å². The van der Waals surface area contributed by atoms with E-state index in [4.69, 9.17) is 35.5 Å². The number of hydrogen-bond donors (Lipinski definition) is 0. The van der Waals surface area contributed by atoms with Crippen LogP contribution in [0.3, 0.4) is 0 Å². The summed E-state index contributed by atoms with van der Waals surface area (Å²) in [7, 11) is 0. The molecule has 0 N–H and O–H groups in total. The van der Waals surface area contributed by atoms with Gasteiger partial charge in [-0.1, -0.05) is 101 Å². The molecular formula is C33H52Cu4N5S6W2-8. The number of piperidine rings is 1. The van der Waals surface area contributed by atoms with Gasteiger partial charge in [-0.25, -0.2) is 0 Å². The average Bonchev–Trinajstić information content (AvgIpc) is 3.28. The monoisotopic (exact) mass is 1330 g/mol. The zero-order valence-corrected chi connectivity index (χ0v) is 45.0. The van der Waals surface area contributed by atoms with Crippen molar-refractivity contribution in [2.75, 3.05) is 19.6 Å². The Morgan fingerprint density at radius 3 is 0.840 bits per heavy atom. The number of allylic oxidation sites excluding steroid dienone is 2. The van der Waals surface area contributed by atoms with Crippen LogP contribution in [0.5, 0.6) is 0 Å². The van der Waals surface area contributed by atoms with E-state index in [2.05, 4.69) is 79.9 Å². The first-order valence-corrected chi connectivity index (χ1v) is 12.8. The van der Waals surface area contributed by atoms with Crippen molar-refractivity contribution in [2.45, 2.75) is 88.5 Å². The van der Waals surface area contributed by atoms with E-state index in [0.29, 0.717) is 0 Å². The summed E-state index contributed by atoms with van der Waals surface area (Å²) in [6.45, 7) is 39.3. The molecule has 0 saturated carbocycles. The Hall–Kier alpha value is 1.96. The van der Waals surface area contributed by atoms with Crippen LogP contribution in [0.15, 0.2) is 24.4 Å². The third-order valence-corrected chi connectivity index (χ3v) is 7.41. The van der Waals surface area contributed by atoms with Crippen LogP contribution in [0.2, 0.25) is 0 Å². The SMILES string of the molecule is C1=CC[N-]C=C1.C1CC[N-]CC1.Cc1c(C)c(C)[c-](C)c1C.Cc1c(C)c(C)[c-](C)c1C.[C-]#N.[C-]#N.[C-]#N.[Cu+2].[Cu+].[Cu+].[Cu+].[SH-].[SH-].[SH-].[SH-].[SH-].[SH-].[W].[W]. The molecule has 1 saturated heterocycles. The Labute approximate surface area is 420 Å². The number of thiol groups is 6. The molecule has 2 heterocycles. The summed E-state index contributed by atoms with van der Waals surface area (Å²) < 4.78 is 0. The fourth-order valence-corrected chi connectivity index (χ4v) is 3.92. The molecule has 2 aliphatic rings. The predicted octanol–water partition coefficient (Wildman–Crippen LogP) is 7.54. The first-order chi connectivity index (χ1) is 18.1. The Bertz CT molecular complexity index is 821. The van der Waals surface area contributed by atoms with Crippen LogP contribution < -0.4 is 0 Å². The van der Waals surface area contributed by atoms with Gasteiger partial charge < -0.3 is 127 Å². The fourth-order valence-electron chi connectivity index (χ4n) is 3.92. The molecule has 2 aromatic rings. The van der Waals surface area contributed by atoms with Crippen molar-refractivity contribution in [1.29, 1.82) is 15.8 Å². The standard InChI is InChI=1S/2C10H15.C5H10N.C5H6N.3CN.4Cu.6H2S.2W/c2*1-6-7(2)9(4)10(5)8(6)3;2*1-2-4-6-5-3-1;3*1-2;;;;;;;;;;;;/h2*1-5H3;1-5H2;1-4H,5H2;;;;;;;;6*1H2;;/q7*-1;3*+1;+2;;;;;;;;/p-6. The summed E-state index contributed by atoms with van der Waals surface area (Å²) in [6.07, 6.45) is 11.8. The second-order valence-electron chi connectivity index (χ2n) is 9.12. The van der Waals surface area contributed by atoms with Gasteiger partial charge in [0, 0.05) is 42.1 Å². The van der Waals surface area contributed by atoms with E-state index in [9.17, 15) is 0 Å². The molecule has 1 radical (unpaired) electrons. The van der Waals surface area contributed by atoms with Gasteiger partial charge in [-0.15, -0.1) is 25.7 Å². The van der Waals surface area contributed by atoms with E-state index in [1.807, 2.05) is 18.2 Å². The van der Waals surface area contributed by atoms with E-state index in [1.54, 1.807) is 6.20 Å². The van der Waals surface area contributed by atoms with Gasteiger partial charge in [-0.05, 0) is 0 Å². The molecule has 5 nitrogen and oxygen atoms in total. The minimum Gasteiger partial charge on any atom is -0.813 e. The largest absolute Gasteiger partial charge is 2.00 e. The van der Waals surface area contributed by atoms with Gasteiger partial charge in [0.05, 0.1) is 0 Å². The van der Waals surface area contributed by atoms with Crippen LogP contribution in [0.4, 0.5) is 0 Å². The van der Waals surface area contributed by atoms with Gasteiger partial charge in [0.25, 0.3) is 0 Å². The molecule has 2 aromatic carbocycles. The van der Waals surface area contributed by atoms with Gasteiger partial charge in [0.1, 0.15) is 0 Å². The summed E-state index contributed by atoms with van der Waals surface area (Å²) in [6, 6.07) is 0. The molecule has 0 aromatic heterocycles. The van der Waals surface area contributed by atoms with Gasteiger partial charge in [-0.2, -0.15) is 61.8 Å². The molecule has 17 heteroatoms. The van der Waals surface area contributed by atoms with Crippen LogP contribution in [0.1, 0.15) is 74.9 Å². The fraction of sp³-hybridized carbons (Fsp3) is 0.485. The molecule has 0 amide bonds. The van der Waals surface area contributed by atoms with Crippen LogP contribution in [-0.2, 0) is 191 Å². The van der Waals surface area contributed by atoms with Crippen molar-refractivity contribution in [1.82, 2.24) is 0 Å². The zero-order chi connectivity index (χ0) is 30.3. The molecular weight excluding hydrogens is 1280 g/mol. The van der Waals surface area contributed by atoms with Gasteiger partial charge in [0.2, 0.25) is 0 Å². The van der Waals surface area contributed by atoms with Crippen molar-refractivity contribution >= 4 is 81.0 Å². The van der Waals surface area contributed by atoms with Crippen LogP contribution in [0, 0.1) is 105 Å². The average molecular weight is 1330 g/mol. The Morgan fingerprint density at radius 1 is 0.520 bits per heavy atom. The normalized spacial score (nSPS) is 9.28. The maximum atomic E-state index is 6.25. The predicted molar refractivity (Wildman–Crippen MR) is 212 cm³/mol. The molecule has 50 heavy (non-hydrogen) atoms. The minimum atomic E-state index is 0. The van der Waals surface area contributed by atoms with Crippen LogP contribution in [-0.4, -0.2) is 19.6 Å². The number of rotatable bonds is 0. The first kappa shape index (κ1) is 98.8. The third-order valence-electron chi connectivity index (χ3n) is 7.41. The second kappa shape index (κ2) is 65.8. The molecule has 309 valence electrons. The summed E-state index contributed by atoms with van der Waals surface area (Å²) in [5.74, 6) is 0. The maximum Gasteiger partial charge on any atom is 2.00 e. The summed E-state index contributed by atoms with van der Waals surface area (Å²) in [5, 5.41) is 26.8. The van der Waals surface area contributed by atoms with E-state index in [0.717, 1.165) is 19.6 Å². The minimum absolute atomic E-state index is 0. The number of hydrogen-bond acceptors (Lipinski definition) is 9. The Morgan fingerprint density at radius 2 is 0.780 bits per heavy atom. The molecule has 0 bridgehead atoms. The van der Waals surface area contributed by atoms with Crippen molar-refractivity contribution in [3.63, 3.8) is 0 Å². The van der Waals surface area contributed by atoms with Crippen molar-refractivity contribution < 1.29 is 110 Å². The van der Waals surface area contributed by atoms with Gasteiger partial charge in [-0.3, -0.25) is 0 Å². The van der Waals surface area contributed by atoms with E-state index in [-0.39, 0.29) is 191 Å². The molecule has 0 unspecified atom stereocenters. The molecule has 0 aliphatic carbocycles. The maximum absolute atomic E-state index is 6.25. The topological polar surface area (TPSA) is 99.6 Å². The van der Waals surface area contributed by atoms with E-state index < -0.39 is 0 Å². The number of nitrogens with zero attached hydrogens (tertiary/aromatic N) is 5. The quantitative estimate of drug-likeness (QED) is 0.115. The van der Waals surface area contributed by atoms with Crippen molar-refractivity contribution in [3.05, 3.63) is 110 Å². The summed E-state index contributed by atoms with van der Waals surface area (Å²) >= 11 is 0. The molecule has 4 rings (SSSR count). The molecule has 2 aliphatic heterocycles. The first-order valence-electron chi connectivity index (χ1n) is 12.8. The molecule has 0 spiro atoms. The summed E-state index contributed by atoms with van der Waals surface area (Å²) in [4.78, 5) is 0. The summed E-state index contributed by atoms with van der Waals surface area (Å²) in [5.41, 5.74) is 14.7. The zero-order valence-electron chi connectivity index (χ0n) is 30.0.